The number of hydrogen-bond acceptors (Lipinski definition) is 6. The van der Waals surface area contributed by atoms with Crippen LogP contribution in [0.5, 0.6) is 0 Å². The molecule has 6 rings (SSSR count). The number of hydrogen-bond donors (Lipinski definition) is 7. The van der Waals surface area contributed by atoms with Crippen LogP contribution in [0.25, 0.3) is 32.7 Å². The van der Waals surface area contributed by atoms with E-state index >= 15 is 0 Å². The van der Waals surface area contributed by atoms with Gasteiger partial charge in [0.15, 0.2) is 0 Å². The highest BCUT2D eigenvalue weighted by molar-refractivity contribution is 5.96. The Morgan fingerprint density at radius 1 is 0.750 bits per heavy atom. The van der Waals surface area contributed by atoms with Crippen molar-refractivity contribution in [2.24, 2.45) is 11.5 Å². The zero-order valence-corrected chi connectivity index (χ0v) is 25.4. The van der Waals surface area contributed by atoms with Crippen molar-refractivity contribution in [1.82, 2.24) is 15.0 Å². The second kappa shape index (κ2) is 15.0. The molecule has 3 heterocycles. The summed E-state index contributed by atoms with van der Waals surface area (Å²) in [4.78, 5) is 40.9. The molecule has 48 heavy (non-hydrogen) atoms. The zero-order valence-electron chi connectivity index (χ0n) is 25.4. The predicted octanol–water partition coefficient (Wildman–Crippen LogP) is 4.26. The topological polar surface area (TPSA) is 217 Å². The highest BCUT2D eigenvalue weighted by atomic mass is 16.6. The first-order chi connectivity index (χ1) is 23.0. The highest BCUT2D eigenvalue weighted by Gasteiger charge is 2.21. The van der Waals surface area contributed by atoms with Gasteiger partial charge in [-0.3, -0.25) is 19.7 Å². The fraction of sp³-hybridized carbons (Fsp3) is 0.111. The van der Waals surface area contributed by atoms with Gasteiger partial charge < -0.3 is 36.6 Å². The number of carbonyl (C=O) groups is 2. The molecule has 12 heteroatoms. The van der Waals surface area contributed by atoms with Crippen LogP contribution in [-0.2, 0) is 22.4 Å². The number of aromatic amines is 3. The molecule has 0 fully saturated rings. The lowest BCUT2D eigenvalue weighted by atomic mass is 10.0. The molecule has 0 saturated carbocycles. The fourth-order valence-electron chi connectivity index (χ4n) is 5.13. The first kappa shape index (κ1) is 34.1. The van der Waals surface area contributed by atoms with Crippen LogP contribution >= 0.6 is 0 Å². The van der Waals surface area contributed by atoms with Gasteiger partial charge in [0.25, 0.3) is 5.69 Å². The van der Waals surface area contributed by atoms with Crippen molar-refractivity contribution in [3.8, 4) is 37.0 Å². The van der Waals surface area contributed by atoms with Gasteiger partial charge in [-0.05, 0) is 47.5 Å². The second-order valence-corrected chi connectivity index (χ2v) is 10.5. The predicted molar refractivity (Wildman–Crippen MR) is 184 cm³/mol. The Morgan fingerprint density at radius 3 is 1.88 bits per heavy atom. The van der Waals surface area contributed by atoms with E-state index in [4.69, 9.17) is 41.0 Å². The van der Waals surface area contributed by atoms with E-state index in [0.717, 1.165) is 38.5 Å². The van der Waals surface area contributed by atoms with E-state index in [9.17, 15) is 19.7 Å². The molecule has 0 aliphatic heterocycles. The van der Waals surface area contributed by atoms with Crippen molar-refractivity contribution >= 4 is 50.3 Å². The Labute approximate surface area is 274 Å². The van der Waals surface area contributed by atoms with Gasteiger partial charge in [0, 0.05) is 81.4 Å². The molecule has 12 nitrogen and oxygen atoms in total. The van der Waals surface area contributed by atoms with Gasteiger partial charge in [0.05, 0.1) is 4.92 Å². The molecule has 2 atom stereocenters. The molecule has 0 unspecified atom stereocenters. The van der Waals surface area contributed by atoms with Gasteiger partial charge in [0.2, 0.25) is 0 Å². The number of nitro groups is 1. The first-order valence-corrected chi connectivity index (χ1v) is 14.3. The molecule has 0 saturated heterocycles. The van der Waals surface area contributed by atoms with Crippen molar-refractivity contribution < 1.29 is 24.7 Å². The minimum atomic E-state index is -1.15. The molecule has 3 aromatic heterocycles. The van der Waals surface area contributed by atoms with Crippen LogP contribution in [0, 0.1) is 47.1 Å². The average Bonchev–Trinajstić information content (AvgIpc) is 3.84. The minimum Gasteiger partial charge on any atom is -0.480 e. The summed E-state index contributed by atoms with van der Waals surface area (Å²) in [5.41, 5.74) is 16.7. The minimum absolute atomic E-state index is 0.0329. The number of fused-ring (bicyclic) bond motifs is 3. The number of terminal acetylenes is 3. The maximum absolute atomic E-state index is 11.0. The molecular formula is C36H30N6O6. The molecule has 0 aliphatic carbocycles. The normalized spacial score (nSPS) is 11.6. The van der Waals surface area contributed by atoms with E-state index in [1.165, 1.54) is 18.3 Å². The molecule has 240 valence electrons. The number of carboxylic acid groups (broad SMARTS) is 2. The molecule has 0 spiro atoms. The van der Waals surface area contributed by atoms with Crippen LogP contribution in [-0.4, -0.2) is 54.1 Å². The summed E-state index contributed by atoms with van der Waals surface area (Å²) in [6.45, 7) is 0. The van der Waals surface area contributed by atoms with Crippen molar-refractivity contribution in [3.63, 3.8) is 0 Å². The Balaban J connectivity index is 0.000000169. The largest absolute Gasteiger partial charge is 0.480 e. The molecule has 3 aromatic carbocycles. The smallest absolute Gasteiger partial charge is 0.320 e. The lowest BCUT2D eigenvalue weighted by Crippen LogP contribution is -2.32. The third-order valence-electron chi connectivity index (χ3n) is 7.45. The summed E-state index contributed by atoms with van der Waals surface area (Å²) in [7, 11) is 0. The van der Waals surface area contributed by atoms with E-state index in [-0.39, 0.29) is 24.0 Å². The number of H-pyrrole nitrogens is 3. The molecule has 0 aliphatic rings. The van der Waals surface area contributed by atoms with E-state index in [1.54, 1.807) is 6.20 Å². The lowest BCUT2D eigenvalue weighted by molar-refractivity contribution is -0.383. The second-order valence-electron chi connectivity index (χ2n) is 10.5. The quantitative estimate of drug-likeness (QED) is 0.0756. The maximum Gasteiger partial charge on any atom is 0.320 e. The van der Waals surface area contributed by atoms with Crippen LogP contribution < -0.4 is 11.5 Å². The molecule has 0 bridgehead atoms. The number of carboxylic acids is 2. The SMILES string of the molecule is C#Cc1ccc([N+](=O)[O-])c2[nH]cc(C[C@H](N)C(=O)O)c12.C#Cc1cccc2[nH]cc(C[C@H](N)C(=O)O)c12.C#Cc1cccc2[nH]ccc12. The van der Waals surface area contributed by atoms with Gasteiger partial charge in [-0.1, -0.05) is 29.9 Å². The van der Waals surface area contributed by atoms with Crippen LogP contribution in [0.2, 0.25) is 0 Å². The molecule has 9 N–H and O–H groups in total. The van der Waals surface area contributed by atoms with Crippen LogP contribution in [0.1, 0.15) is 27.8 Å². The van der Waals surface area contributed by atoms with Crippen molar-refractivity contribution in [2.45, 2.75) is 24.9 Å². The van der Waals surface area contributed by atoms with Crippen LogP contribution in [0.15, 0.2) is 73.2 Å². The first-order valence-electron chi connectivity index (χ1n) is 14.3. The molecular weight excluding hydrogens is 612 g/mol. The van der Waals surface area contributed by atoms with Crippen molar-refractivity contribution in [2.75, 3.05) is 0 Å². The number of nitrogens with one attached hydrogen (secondary N) is 3. The molecule has 6 aromatic rings. The maximum atomic E-state index is 11.0. The fourth-order valence-corrected chi connectivity index (χ4v) is 5.13. The zero-order chi connectivity index (χ0) is 35.0. The number of benzene rings is 3. The number of rotatable bonds is 7. The van der Waals surface area contributed by atoms with Crippen molar-refractivity contribution in [1.29, 1.82) is 0 Å². The third-order valence-corrected chi connectivity index (χ3v) is 7.45. The number of non-ortho nitro benzene ring substituents is 1. The molecule has 0 amide bonds. The van der Waals surface area contributed by atoms with E-state index in [2.05, 4.69) is 32.7 Å². The summed E-state index contributed by atoms with van der Waals surface area (Å²) < 4.78 is 0. The van der Waals surface area contributed by atoms with E-state index in [0.29, 0.717) is 16.5 Å². The standard InChI is InChI=1S/C13H11N3O4.C13H12N2O2.C10H7N/c1-2-7-3-4-10(16(19)20)12-11(7)8(6-15-12)5-9(14)13(17)18;1-2-8-4-3-5-11-12(8)9(7-15-11)6-10(14)13(16)17;1-2-8-4-3-5-10-9(8)6-7-11-10/h1,3-4,6,9,15H,5,14H2,(H,17,18);1,3-5,7,10,15H,6,14H2,(H,16,17);1,3-7,11H/t9-;10-;/m00./s1. The number of aliphatic carboxylic acids is 2. The van der Waals surface area contributed by atoms with Crippen molar-refractivity contribution in [3.05, 3.63) is 111 Å². The van der Waals surface area contributed by atoms with E-state index in [1.807, 2.05) is 48.7 Å². The molecule has 0 radical (unpaired) electrons. The Kier molecular flexibility index (Phi) is 10.7. The average molecular weight is 643 g/mol. The summed E-state index contributed by atoms with van der Waals surface area (Å²) in [5.74, 6) is 5.50. The third kappa shape index (κ3) is 7.36. The van der Waals surface area contributed by atoms with Crippen LogP contribution in [0.3, 0.4) is 0 Å². The Morgan fingerprint density at radius 2 is 1.29 bits per heavy atom. The summed E-state index contributed by atoms with van der Waals surface area (Å²) in [5, 5.41) is 31.1. The monoisotopic (exact) mass is 642 g/mol. The van der Waals surface area contributed by atoms with Gasteiger partial charge in [-0.15, -0.1) is 19.3 Å². The summed E-state index contributed by atoms with van der Waals surface area (Å²) in [6.07, 6.45) is 21.6. The number of nitrogens with two attached hydrogens (primary N) is 2. The van der Waals surface area contributed by atoms with Gasteiger partial charge >= 0.3 is 11.9 Å². The van der Waals surface area contributed by atoms with Gasteiger partial charge in [-0.25, -0.2) is 0 Å². The highest BCUT2D eigenvalue weighted by Crippen LogP contribution is 2.30. The number of nitro benzene ring substituents is 1. The van der Waals surface area contributed by atoms with Gasteiger partial charge in [0.1, 0.15) is 17.6 Å². The number of nitrogens with zero attached hydrogens (tertiary/aromatic N) is 1. The number of aromatic nitrogens is 3. The van der Waals surface area contributed by atoms with Crippen LogP contribution in [0.4, 0.5) is 5.69 Å². The summed E-state index contributed by atoms with van der Waals surface area (Å²) >= 11 is 0. The summed E-state index contributed by atoms with van der Waals surface area (Å²) in [6, 6.07) is 14.2. The van der Waals surface area contributed by atoms with E-state index < -0.39 is 28.9 Å². The Hall–Kier alpha value is -6.78. The lowest BCUT2D eigenvalue weighted by Gasteiger charge is -2.06. The van der Waals surface area contributed by atoms with Gasteiger partial charge in [-0.2, -0.15) is 0 Å². The Bertz CT molecular complexity index is 2270.